The summed E-state index contributed by atoms with van der Waals surface area (Å²) >= 11 is 0. The highest BCUT2D eigenvalue weighted by Gasteiger charge is 2.39. The molecule has 1 aliphatic heterocycles. The summed E-state index contributed by atoms with van der Waals surface area (Å²) in [6.07, 6.45) is 8.63. The first kappa shape index (κ1) is 7.60. The Bertz CT molecular complexity index is 132. The fourth-order valence-electron chi connectivity index (χ4n) is 2.08. The van der Waals surface area contributed by atoms with Gasteiger partial charge in [-0.3, -0.25) is 0 Å². The molecule has 0 aromatic heterocycles. The summed E-state index contributed by atoms with van der Waals surface area (Å²) in [5, 5.41) is 0. The largest absolute Gasteiger partial charge is 0.370 e. The molecule has 1 heteroatoms. The third-order valence-electron chi connectivity index (χ3n) is 3.19. The van der Waals surface area contributed by atoms with Crippen LogP contribution in [0.5, 0.6) is 0 Å². The molecule has 2 aliphatic rings. The van der Waals surface area contributed by atoms with Gasteiger partial charge in [0.15, 0.2) is 0 Å². The molecule has 1 heterocycles. The van der Waals surface area contributed by atoms with Gasteiger partial charge in [-0.2, -0.15) is 0 Å². The summed E-state index contributed by atoms with van der Waals surface area (Å²) in [7, 11) is 0. The van der Waals surface area contributed by atoms with Crippen molar-refractivity contribution in [3.63, 3.8) is 0 Å². The van der Waals surface area contributed by atoms with Crippen LogP contribution in [0.2, 0.25) is 0 Å². The molecule has 0 bridgehead atoms. The van der Waals surface area contributed by atoms with E-state index in [9.17, 15) is 0 Å². The van der Waals surface area contributed by atoms with E-state index < -0.39 is 0 Å². The van der Waals surface area contributed by atoms with E-state index in [4.69, 9.17) is 4.74 Å². The Morgan fingerprint density at radius 1 is 1.36 bits per heavy atom. The van der Waals surface area contributed by atoms with Crippen LogP contribution < -0.4 is 0 Å². The van der Waals surface area contributed by atoms with Crippen molar-refractivity contribution in [1.82, 2.24) is 0 Å². The van der Waals surface area contributed by atoms with Crippen LogP contribution in [0.15, 0.2) is 0 Å². The minimum absolute atomic E-state index is 0.308. The van der Waals surface area contributed by atoms with Crippen molar-refractivity contribution in [3.05, 3.63) is 0 Å². The number of rotatable bonds is 3. The first-order valence-corrected chi connectivity index (χ1v) is 4.92. The summed E-state index contributed by atoms with van der Waals surface area (Å²) in [5.41, 5.74) is 0.308. The third-order valence-corrected chi connectivity index (χ3v) is 3.19. The quantitative estimate of drug-likeness (QED) is 0.569. The summed E-state index contributed by atoms with van der Waals surface area (Å²) in [4.78, 5) is 0. The molecule has 0 radical (unpaired) electrons. The predicted octanol–water partition coefficient (Wildman–Crippen LogP) is 2.75. The lowest BCUT2D eigenvalue weighted by molar-refractivity contribution is 0.287. The van der Waals surface area contributed by atoms with E-state index >= 15 is 0 Å². The Labute approximate surface area is 69.1 Å². The minimum Gasteiger partial charge on any atom is -0.370 e. The Morgan fingerprint density at radius 3 is 2.55 bits per heavy atom. The van der Waals surface area contributed by atoms with Gasteiger partial charge in [-0.15, -0.1) is 0 Å². The summed E-state index contributed by atoms with van der Waals surface area (Å²) in [6.45, 7) is 3.25. The molecule has 11 heavy (non-hydrogen) atoms. The molecule has 0 aromatic carbocycles. The van der Waals surface area contributed by atoms with Gasteiger partial charge < -0.3 is 4.74 Å². The maximum Gasteiger partial charge on any atom is 0.0888 e. The van der Waals surface area contributed by atoms with Gasteiger partial charge in [-0.25, -0.2) is 0 Å². The van der Waals surface area contributed by atoms with Gasteiger partial charge in [0, 0.05) is 0 Å². The average Bonchev–Trinajstić information content (AvgIpc) is 2.53. The molecular weight excluding hydrogens is 136 g/mol. The summed E-state index contributed by atoms with van der Waals surface area (Å²) < 4.78 is 5.36. The van der Waals surface area contributed by atoms with E-state index in [1.165, 1.54) is 38.5 Å². The lowest BCUT2D eigenvalue weighted by Crippen LogP contribution is -2.06. The lowest BCUT2D eigenvalue weighted by Gasteiger charge is -2.09. The van der Waals surface area contributed by atoms with Crippen LogP contribution in [0.3, 0.4) is 0 Å². The van der Waals surface area contributed by atoms with Crippen LogP contribution in [0.25, 0.3) is 0 Å². The van der Waals surface area contributed by atoms with Crippen molar-refractivity contribution < 1.29 is 4.74 Å². The van der Waals surface area contributed by atoms with Gasteiger partial charge in [0.1, 0.15) is 0 Å². The minimum atomic E-state index is 0.308. The molecule has 2 fully saturated rings. The van der Waals surface area contributed by atoms with Crippen molar-refractivity contribution in [3.8, 4) is 0 Å². The topological polar surface area (TPSA) is 12.5 Å². The first-order valence-electron chi connectivity index (χ1n) is 4.92. The second-order valence-corrected chi connectivity index (χ2v) is 4.43. The maximum atomic E-state index is 5.36. The second kappa shape index (κ2) is 2.78. The average molecular weight is 154 g/mol. The molecular formula is C10H18O. The predicted molar refractivity (Wildman–Crippen MR) is 45.5 cm³/mol. The normalized spacial score (nSPS) is 37.9. The van der Waals surface area contributed by atoms with E-state index in [1.54, 1.807) is 0 Å². The smallest absolute Gasteiger partial charge is 0.0888 e. The zero-order valence-corrected chi connectivity index (χ0v) is 7.44. The maximum absolute atomic E-state index is 5.36. The molecule has 0 spiro atoms. The zero-order chi connectivity index (χ0) is 7.73. The molecule has 2 rings (SSSR count). The Kier molecular flexibility index (Phi) is 1.92. The summed E-state index contributed by atoms with van der Waals surface area (Å²) in [6, 6.07) is 0. The van der Waals surface area contributed by atoms with Gasteiger partial charge in [0.05, 0.1) is 12.2 Å². The van der Waals surface area contributed by atoms with Crippen LogP contribution >= 0.6 is 0 Å². The van der Waals surface area contributed by atoms with E-state index in [2.05, 4.69) is 6.92 Å². The molecule has 1 saturated carbocycles. The molecule has 1 saturated heterocycles. The molecule has 64 valence electrons. The Hall–Kier alpha value is -0.0400. The molecule has 0 N–H and O–H groups in total. The SMILES string of the molecule is CC1(CCC2CCCC2)CO1. The molecule has 0 aromatic rings. The number of epoxide rings is 1. The van der Waals surface area contributed by atoms with Crippen molar-refractivity contribution in [2.45, 2.75) is 51.0 Å². The summed E-state index contributed by atoms with van der Waals surface area (Å²) in [5.74, 6) is 1.04. The molecule has 1 aliphatic carbocycles. The first-order chi connectivity index (χ1) is 5.29. The van der Waals surface area contributed by atoms with E-state index in [1.807, 2.05) is 0 Å². The Balaban J connectivity index is 1.65. The zero-order valence-electron chi connectivity index (χ0n) is 7.44. The Morgan fingerprint density at radius 2 is 2.00 bits per heavy atom. The molecule has 0 amide bonds. The van der Waals surface area contributed by atoms with E-state index in [0.717, 1.165) is 12.5 Å². The fraction of sp³-hybridized carbons (Fsp3) is 1.00. The highest BCUT2D eigenvalue weighted by Crippen LogP contribution is 2.36. The highest BCUT2D eigenvalue weighted by atomic mass is 16.6. The molecule has 1 unspecified atom stereocenters. The fourth-order valence-corrected chi connectivity index (χ4v) is 2.08. The van der Waals surface area contributed by atoms with Crippen LogP contribution in [0.4, 0.5) is 0 Å². The molecule has 1 atom stereocenters. The lowest BCUT2D eigenvalue weighted by atomic mass is 9.96. The van der Waals surface area contributed by atoms with Crippen LogP contribution in [-0.2, 0) is 4.74 Å². The third kappa shape index (κ3) is 1.96. The van der Waals surface area contributed by atoms with Gasteiger partial charge in [0.25, 0.3) is 0 Å². The van der Waals surface area contributed by atoms with Crippen molar-refractivity contribution in [2.24, 2.45) is 5.92 Å². The van der Waals surface area contributed by atoms with Gasteiger partial charge >= 0.3 is 0 Å². The standard InChI is InChI=1S/C10H18O/c1-10(8-11-10)7-6-9-4-2-3-5-9/h9H,2-8H2,1H3. The number of hydrogen-bond acceptors (Lipinski definition) is 1. The van der Waals surface area contributed by atoms with Gasteiger partial charge in [-0.05, 0) is 25.7 Å². The number of ether oxygens (including phenoxy) is 1. The van der Waals surface area contributed by atoms with E-state index in [0.29, 0.717) is 5.60 Å². The van der Waals surface area contributed by atoms with Gasteiger partial charge in [0.2, 0.25) is 0 Å². The van der Waals surface area contributed by atoms with E-state index in [-0.39, 0.29) is 0 Å². The highest BCUT2D eigenvalue weighted by molar-refractivity contribution is 4.87. The molecule has 1 nitrogen and oxygen atoms in total. The van der Waals surface area contributed by atoms with Crippen LogP contribution in [0.1, 0.15) is 45.4 Å². The monoisotopic (exact) mass is 154 g/mol. The second-order valence-electron chi connectivity index (χ2n) is 4.43. The van der Waals surface area contributed by atoms with Crippen LogP contribution in [0, 0.1) is 5.92 Å². The van der Waals surface area contributed by atoms with Crippen LogP contribution in [-0.4, -0.2) is 12.2 Å². The van der Waals surface area contributed by atoms with Gasteiger partial charge in [-0.1, -0.05) is 25.7 Å². The number of hydrogen-bond donors (Lipinski definition) is 0. The van der Waals surface area contributed by atoms with Crippen molar-refractivity contribution >= 4 is 0 Å². The van der Waals surface area contributed by atoms with Crippen molar-refractivity contribution in [2.75, 3.05) is 6.61 Å². The van der Waals surface area contributed by atoms with Crippen molar-refractivity contribution in [1.29, 1.82) is 0 Å².